The van der Waals surface area contributed by atoms with Crippen LogP contribution in [0.3, 0.4) is 0 Å². The fraction of sp³-hybridized carbons (Fsp3) is 0. The van der Waals surface area contributed by atoms with Gasteiger partial charge in [-0.15, -0.1) is 11.3 Å². The standard InChI is InChI=1S/C51H29N3OS/c1-2-13-32-28-45-43(27-31(32)12-1)48-40(19-10-21-44(48)55-45)37-25-26-42(36-17-6-5-16-35(36)37)51-53-49(33-23-24-39-38-18-7-8-22-46(38)56-47(39)29-33)52-50(54-51)41-20-9-14-30-11-3-4-15-34(30)41/h1-29H. The summed E-state index contributed by atoms with van der Waals surface area (Å²) in [7, 11) is 0. The van der Waals surface area contributed by atoms with E-state index in [1.54, 1.807) is 11.3 Å². The molecule has 0 saturated carbocycles. The molecule has 0 amide bonds. The minimum Gasteiger partial charge on any atom is -0.456 e. The van der Waals surface area contributed by atoms with E-state index in [0.717, 1.165) is 71.3 Å². The van der Waals surface area contributed by atoms with E-state index in [0.29, 0.717) is 17.5 Å². The Hall–Kier alpha value is -7.21. The third kappa shape index (κ3) is 4.81. The largest absolute Gasteiger partial charge is 0.456 e. The summed E-state index contributed by atoms with van der Waals surface area (Å²) in [5.74, 6) is 1.93. The summed E-state index contributed by atoms with van der Waals surface area (Å²) < 4.78 is 8.97. The van der Waals surface area contributed by atoms with Crippen LogP contribution in [0.5, 0.6) is 0 Å². The molecule has 260 valence electrons. The SMILES string of the molecule is c1ccc2cc3c(cc2c1)oc1cccc(-c2ccc(-c4nc(-c5ccc6c(c5)sc5ccccc56)nc(-c5cccc6ccccc56)n4)c4ccccc24)c13. The maximum atomic E-state index is 6.49. The molecule has 0 aliphatic rings. The Labute approximate surface area is 325 Å². The minimum absolute atomic E-state index is 0.635. The third-order valence-corrected chi connectivity index (χ3v) is 12.3. The molecule has 56 heavy (non-hydrogen) atoms. The average Bonchev–Trinajstić information content (AvgIpc) is 3.82. The van der Waals surface area contributed by atoms with Gasteiger partial charge in [0.2, 0.25) is 0 Å². The molecular formula is C51H29N3OS. The van der Waals surface area contributed by atoms with Gasteiger partial charge in [-0.2, -0.15) is 0 Å². The molecular weight excluding hydrogens is 703 g/mol. The van der Waals surface area contributed by atoms with E-state index in [4.69, 9.17) is 19.4 Å². The monoisotopic (exact) mass is 731 g/mol. The van der Waals surface area contributed by atoms with E-state index < -0.39 is 0 Å². The van der Waals surface area contributed by atoms with Gasteiger partial charge in [-0.25, -0.2) is 15.0 Å². The number of hydrogen-bond donors (Lipinski definition) is 0. The van der Waals surface area contributed by atoms with Crippen molar-refractivity contribution in [3.8, 4) is 45.3 Å². The summed E-state index contributed by atoms with van der Waals surface area (Å²) >= 11 is 1.80. The van der Waals surface area contributed by atoms with Crippen molar-refractivity contribution in [2.45, 2.75) is 0 Å². The molecule has 0 aliphatic carbocycles. The Balaban J connectivity index is 1.09. The summed E-state index contributed by atoms with van der Waals surface area (Å²) in [6, 6.07) is 62.1. The Morgan fingerprint density at radius 3 is 1.77 bits per heavy atom. The first kappa shape index (κ1) is 31.2. The Kier molecular flexibility index (Phi) is 6.76. The predicted octanol–water partition coefficient (Wildman–Crippen LogP) is 14.3. The van der Waals surface area contributed by atoms with Gasteiger partial charge in [0.05, 0.1) is 0 Å². The molecule has 0 fully saturated rings. The zero-order valence-electron chi connectivity index (χ0n) is 29.9. The maximum absolute atomic E-state index is 6.49. The van der Waals surface area contributed by atoms with Crippen LogP contribution in [0.1, 0.15) is 0 Å². The zero-order valence-corrected chi connectivity index (χ0v) is 30.7. The molecule has 0 spiro atoms. The van der Waals surface area contributed by atoms with Crippen molar-refractivity contribution in [2.24, 2.45) is 0 Å². The predicted molar refractivity (Wildman–Crippen MR) is 234 cm³/mol. The maximum Gasteiger partial charge on any atom is 0.164 e. The summed E-state index contributed by atoms with van der Waals surface area (Å²) in [4.78, 5) is 15.8. The van der Waals surface area contributed by atoms with Crippen molar-refractivity contribution >= 4 is 85.8 Å². The molecule has 0 saturated heterocycles. The first-order valence-corrected chi connectivity index (χ1v) is 19.6. The van der Waals surface area contributed by atoms with Crippen LogP contribution < -0.4 is 0 Å². The quantitative estimate of drug-likeness (QED) is 0.181. The number of hydrogen-bond acceptors (Lipinski definition) is 5. The van der Waals surface area contributed by atoms with Crippen LogP contribution in [0.4, 0.5) is 0 Å². The highest BCUT2D eigenvalue weighted by Crippen LogP contribution is 2.43. The number of rotatable bonds is 4. The first-order valence-electron chi connectivity index (χ1n) is 18.8. The second-order valence-electron chi connectivity index (χ2n) is 14.3. The van der Waals surface area contributed by atoms with Crippen molar-refractivity contribution in [1.82, 2.24) is 15.0 Å². The number of aromatic nitrogens is 3. The highest BCUT2D eigenvalue weighted by Gasteiger charge is 2.20. The highest BCUT2D eigenvalue weighted by molar-refractivity contribution is 7.25. The van der Waals surface area contributed by atoms with Crippen molar-refractivity contribution < 1.29 is 4.42 Å². The smallest absolute Gasteiger partial charge is 0.164 e. The average molecular weight is 732 g/mol. The van der Waals surface area contributed by atoms with Crippen LogP contribution in [0, 0.1) is 0 Å². The lowest BCUT2D eigenvalue weighted by Gasteiger charge is -2.14. The fourth-order valence-corrected chi connectivity index (χ4v) is 9.64. The summed E-state index contributed by atoms with van der Waals surface area (Å²) in [6.07, 6.45) is 0. The lowest BCUT2D eigenvalue weighted by Crippen LogP contribution is -2.01. The van der Waals surface area contributed by atoms with Gasteiger partial charge in [0.15, 0.2) is 17.5 Å². The van der Waals surface area contributed by atoms with Gasteiger partial charge in [0.25, 0.3) is 0 Å². The van der Waals surface area contributed by atoms with Crippen molar-refractivity contribution in [1.29, 1.82) is 0 Å². The van der Waals surface area contributed by atoms with Gasteiger partial charge in [0, 0.05) is 47.6 Å². The molecule has 9 aromatic carbocycles. The highest BCUT2D eigenvalue weighted by atomic mass is 32.1. The molecule has 3 heterocycles. The molecule has 4 nitrogen and oxygen atoms in total. The number of furan rings is 1. The molecule has 12 aromatic rings. The topological polar surface area (TPSA) is 51.8 Å². The Bertz CT molecular complexity index is 3560. The van der Waals surface area contributed by atoms with Crippen LogP contribution in [0.25, 0.3) is 120 Å². The zero-order chi connectivity index (χ0) is 36.7. The summed E-state index contributed by atoms with van der Waals surface area (Å²) in [5.41, 5.74) is 6.91. The van der Waals surface area contributed by atoms with Crippen LogP contribution >= 0.6 is 11.3 Å². The van der Waals surface area contributed by atoms with Crippen LogP contribution in [0.15, 0.2) is 180 Å². The van der Waals surface area contributed by atoms with Crippen LogP contribution in [0.2, 0.25) is 0 Å². The second-order valence-corrected chi connectivity index (χ2v) is 15.4. The molecule has 5 heteroatoms. The number of thiophene rings is 1. The summed E-state index contributed by atoms with van der Waals surface area (Å²) in [5, 5.41) is 11.5. The molecule has 0 atom stereocenters. The van der Waals surface area contributed by atoms with Crippen LogP contribution in [-0.4, -0.2) is 15.0 Å². The van der Waals surface area contributed by atoms with Crippen molar-refractivity contribution in [3.05, 3.63) is 176 Å². The number of benzene rings is 9. The molecule has 0 aliphatic heterocycles. The number of fused-ring (bicyclic) bond motifs is 9. The van der Waals surface area contributed by atoms with E-state index in [1.165, 1.54) is 30.9 Å². The number of nitrogens with zero attached hydrogens (tertiary/aromatic N) is 3. The van der Waals surface area contributed by atoms with E-state index in [9.17, 15) is 0 Å². The molecule has 0 radical (unpaired) electrons. The van der Waals surface area contributed by atoms with Crippen LogP contribution in [-0.2, 0) is 0 Å². The van der Waals surface area contributed by atoms with Gasteiger partial charge in [-0.1, -0.05) is 140 Å². The summed E-state index contributed by atoms with van der Waals surface area (Å²) in [6.45, 7) is 0. The lowest BCUT2D eigenvalue weighted by atomic mass is 9.92. The normalized spacial score (nSPS) is 11.9. The molecule has 0 bridgehead atoms. The molecule has 0 unspecified atom stereocenters. The molecule has 0 N–H and O–H groups in total. The molecule has 12 rings (SSSR count). The van der Waals surface area contributed by atoms with Crippen molar-refractivity contribution in [3.63, 3.8) is 0 Å². The first-order chi connectivity index (χ1) is 27.7. The van der Waals surface area contributed by atoms with E-state index in [1.807, 2.05) is 0 Å². The molecule has 3 aromatic heterocycles. The van der Waals surface area contributed by atoms with E-state index in [2.05, 4.69) is 176 Å². The van der Waals surface area contributed by atoms with Gasteiger partial charge in [-0.3, -0.25) is 0 Å². The second kappa shape index (κ2) is 12.2. The van der Waals surface area contributed by atoms with Gasteiger partial charge in [0.1, 0.15) is 11.2 Å². The van der Waals surface area contributed by atoms with Gasteiger partial charge >= 0.3 is 0 Å². The third-order valence-electron chi connectivity index (χ3n) is 11.1. The minimum atomic E-state index is 0.635. The Morgan fingerprint density at radius 2 is 0.929 bits per heavy atom. The van der Waals surface area contributed by atoms with E-state index in [-0.39, 0.29) is 0 Å². The van der Waals surface area contributed by atoms with Crippen molar-refractivity contribution in [2.75, 3.05) is 0 Å². The fourth-order valence-electron chi connectivity index (χ4n) is 8.50. The Morgan fingerprint density at radius 1 is 0.339 bits per heavy atom. The lowest BCUT2D eigenvalue weighted by molar-refractivity contribution is 0.669. The van der Waals surface area contributed by atoms with Gasteiger partial charge < -0.3 is 4.42 Å². The van der Waals surface area contributed by atoms with Gasteiger partial charge in [-0.05, 0) is 79.8 Å². The van der Waals surface area contributed by atoms with E-state index >= 15 is 0 Å².